The highest BCUT2D eigenvalue weighted by molar-refractivity contribution is 5.94. The smallest absolute Gasteiger partial charge is 0.270 e. The van der Waals surface area contributed by atoms with Crippen molar-refractivity contribution in [2.24, 2.45) is 0 Å². The van der Waals surface area contributed by atoms with Crippen LogP contribution in [0, 0.1) is 6.92 Å². The summed E-state index contributed by atoms with van der Waals surface area (Å²) in [5.41, 5.74) is 0.881. The molecular formula is C17H19N3O3. The molecule has 0 spiro atoms. The van der Waals surface area contributed by atoms with E-state index in [9.17, 15) is 4.79 Å². The molecule has 1 aliphatic rings. The van der Waals surface area contributed by atoms with Gasteiger partial charge in [-0.25, -0.2) is 9.97 Å². The van der Waals surface area contributed by atoms with Gasteiger partial charge in [0.2, 0.25) is 6.10 Å². The molecule has 0 fully saturated rings. The van der Waals surface area contributed by atoms with Gasteiger partial charge in [-0.1, -0.05) is 19.1 Å². The highest BCUT2D eigenvalue weighted by Gasteiger charge is 2.34. The Balaban J connectivity index is 1.77. The Bertz CT molecular complexity index is 733. The first-order chi connectivity index (χ1) is 11.1. The molecule has 1 aromatic heterocycles. The first-order valence-corrected chi connectivity index (χ1v) is 7.64. The molecule has 6 nitrogen and oxygen atoms in total. The summed E-state index contributed by atoms with van der Waals surface area (Å²) in [5.74, 6) is 2.04. The second-order valence-corrected chi connectivity index (χ2v) is 5.44. The van der Waals surface area contributed by atoms with Crippen molar-refractivity contribution in [3.8, 4) is 11.5 Å². The third-order valence-electron chi connectivity index (χ3n) is 3.61. The lowest BCUT2D eigenvalue weighted by molar-refractivity contribution is -0.128. The van der Waals surface area contributed by atoms with E-state index in [1.54, 1.807) is 19.1 Å². The van der Waals surface area contributed by atoms with E-state index in [1.807, 2.05) is 32.0 Å². The van der Waals surface area contributed by atoms with Gasteiger partial charge in [0.15, 0.2) is 11.5 Å². The zero-order valence-corrected chi connectivity index (χ0v) is 13.4. The number of benzene rings is 1. The number of nitrogens with one attached hydrogen (secondary N) is 1. The number of aromatic nitrogens is 2. The van der Waals surface area contributed by atoms with Crippen LogP contribution in [0.15, 0.2) is 30.3 Å². The standard InChI is InChI=1S/C17H19N3O3/c1-4-12-9-15(19-11(3)18-12)20-17(21)16-10(2)22-13-7-5-6-8-14(13)23-16/h5-10,16H,4H2,1-3H3,(H,18,19,20,21). The van der Waals surface area contributed by atoms with Crippen molar-refractivity contribution in [3.05, 3.63) is 41.9 Å². The molecule has 23 heavy (non-hydrogen) atoms. The minimum Gasteiger partial charge on any atom is -0.482 e. The van der Waals surface area contributed by atoms with Crippen LogP contribution in [0.1, 0.15) is 25.4 Å². The van der Waals surface area contributed by atoms with Gasteiger partial charge in [0.1, 0.15) is 17.7 Å². The van der Waals surface area contributed by atoms with Crippen LogP contribution in [0.5, 0.6) is 11.5 Å². The predicted octanol–water partition coefficient (Wildman–Crippen LogP) is 2.51. The fourth-order valence-electron chi connectivity index (χ4n) is 2.48. The van der Waals surface area contributed by atoms with E-state index in [2.05, 4.69) is 15.3 Å². The second-order valence-electron chi connectivity index (χ2n) is 5.44. The topological polar surface area (TPSA) is 73.3 Å². The van der Waals surface area contributed by atoms with E-state index in [0.717, 1.165) is 12.1 Å². The van der Waals surface area contributed by atoms with Gasteiger partial charge in [-0.2, -0.15) is 0 Å². The molecule has 1 aliphatic heterocycles. The zero-order valence-electron chi connectivity index (χ0n) is 13.4. The molecule has 2 unspecified atom stereocenters. The molecule has 0 saturated heterocycles. The normalized spacial score (nSPS) is 19.3. The number of hydrogen-bond acceptors (Lipinski definition) is 5. The number of anilines is 1. The number of rotatable bonds is 3. The van der Waals surface area contributed by atoms with Crippen LogP contribution in [0.4, 0.5) is 5.82 Å². The Morgan fingerprint density at radius 3 is 2.61 bits per heavy atom. The fraction of sp³-hybridized carbons (Fsp3) is 0.353. The molecule has 3 rings (SSSR count). The number of aryl methyl sites for hydroxylation is 2. The molecule has 0 radical (unpaired) electrons. The maximum Gasteiger partial charge on any atom is 0.270 e. The summed E-state index contributed by atoms with van der Waals surface area (Å²) in [4.78, 5) is 21.1. The van der Waals surface area contributed by atoms with Gasteiger partial charge >= 0.3 is 0 Å². The van der Waals surface area contributed by atoms with Crippen LogP contribution in [0.3, 0.4) is 0 Å². The Morgan fingerprint density at radius 1 is 1.22 bits per heavy atom. The average molecular weight is 313 g/mol. The molecule has 0 bridgehead atoms. The van der Waals surface area contributed by atoms with Crippen LogP contribution < -0.4 is 14.8 Å². The molecule has 1 N–H and O–H groups in total. The second kappa shape index (κ2) is 6.24. The largest absolute Gasteiger partial charge is 0.482 e. The van der Waals surface area contributed by atoms with Crippen molar-refractivity contribution in [1.29, 1.82) is 0 Å². The third-order valence-corrected chi connectivity index (χ3v) is 3.61. The maximum absolute atomic E-state index is 12.5. The monoisotopic (exact) mass is 313 g/mol. The van der Waals surface area contributed by atoms with Gasteiger partial charge in [-0.15, -0.1) is 0 Å². The Hall–Kier alpha value is -2.63. The summed E-state index contributed by atoms with van der Waals surface area (Å²) in [6.45, 7) is 5.61. The average Bonchev–Trinajstić information content (AvgIpc) is 2.53. The van der Waals surface area contributed by atoms with Crippen molar-refractivity contribution in [2.45, 2.75) is 39.4 Å². The summed E-state index contributed by atoms with van der Waals surface area (Å²) in [7, 11) is 0. The minimum atomic E-state index is -0.731. The molecule has 120 valence electrons. The van der Waals surface area contributed by atoms with Crippen LogP contribution in [0.25, 0.3) is 0 Å². The number of nitrogens with zero attached hydrogens (tertiary/aromatic N) is 2. The Morgan fingerprint density at radius 2 is 1.91 bits per heavy atom. The lowest BCUT2D eigenvalue weighted by atomic mass is 10.1. The van der Waals surface area contributed by atoms with E-state index in [4.69, 9.17) is 9.47 Å². The quantitative estimate of drug-likeness (QED) is 0.942. The van der Waals surface area contributed by atoms with Gasteiger partial charge in [0, 0.05) is 11.8 Å². The summed E-state index contributed by atoms with van der Waals surface area (Å²) in [5, 5.41) is 2.79. The number of carbonyl (C=O) groups excluding carboxylic acids is 1. The number of ether oxygens (including phenoxy) is 2. The predicted molar refractivity (Wildman–Crippen MR) is 85.7 cm³/mol. The lowest BCUT2D eigenvalue weighted by Crippen LogP contribution is -2.46. The highest BCUT2D eigenvalue weighted by atomic mass is 16.6. The third kappa shape index (κ3) is 3.26. The van der Waals surface area contributed by atoms with Crippen molar-refractivity contribution >= 4 is 11.7 Å². The SMILES string of the molecule is CCc1cc(NC(=O)C2Oc3ccccc3OC2C)nc(C)n1. The molecule has 0 saturated carbocycles. The summed E-state index contributed by atoms with van der Waals surface area (Å²) in [6.07, 6.45) is -0.345. The van der Waals surface area contributed by atoms with Crippen LogP contribution in [0.2, 0.25) is 0 Å². The van der Waals surface area contributed by atoms with E-state index in [-0.39, 0.29) is 5.91 Å². The lowest BCUT2D eigenvalue weighted by Gasteiger charge is -2.30. The van der Waals surface area contributed by atoms with Gasteiger partial charge in [0.05, 0.1) is 0 Å². The number of amides is 1. The van der Waals surface area contributed by atoms with Crippen molar-refractivity contribution in [3.63, 3.8) is 0 Å². The van der Waals surface area contributed by atoms with Crippen molar-refractivity contribution in [1.82, 2.24) is 9.97 Å². The summed E-state index contributed by atoms with van der Waals surface area (Å²) < 4.78 is 11.5. The molecule has 2 heterocycles. The molecule has 1 amide bonds. The van der Waals surface area contributed by atoms with Gasteiger partial charge in [-0.05, 0) is 32.4 Å². The summed E-state index contributed by atoms with van der Waals surface area (Å²) >= 11 is 0. The van der Waals surface area contributed by atoms with E-state index < -0.39 is 12.2 Å². The molecule has 1 aromatic carbocycles. The highest BCUT2D eigenvalue weighted by Crippen LogP contribution is 2.33. The van der Waals surface area contributed by atoms with E-state index in [0.29, 0.717) is 23.1 Å². The fourth-order valence-corrected chi connectivity index (χ4v) is 2.48. The Kier molecular flexibility index (Phi) is 4.14. The van der Waals surface area contributed by atoms with Crippen LogP contribution in [-0.4, -0.2) is 28.1 Å². The van der Waals surface area contributed by atoms with E-state index in [1.165, 1.54) is 0 Å². The minimum absolute atomic E-state index is 0.285. The molecular weight excluding hydrogens is 294 g/mol. The number of hydrogen-bond donors (Lipinski definition) is 1. The van der Waals surface area contributed by atoms with E-state index >= 15 is 0 Å². The molecule has 6 heteroatoms. The van der Waals surface area contributed by atoms with Crippen LogP contribution >= 0.6 is 0 Å². The van der Waals surface area contributed by atoms with Crippen LogP contribution in [-0.2, 0) is 11.2 Å². The first-order valence-electron chi connectivity index (χ1n) is 7.64. The Labute approximate surface area is 134 Å². The number of carbonyl (C=O) groups is 1. The molecule has 2 aromatic rings. The first kappa shape index (κ1) is 15.3. The van der Waals surface area contributed by atoms with Gasteiger partial charge in [-0.3, -0.25) is 4.79 Å². The number of fused-ring (bicyclic) bond motifs is 1. The summed E-state index contributed by atoms with van der Waals surface area (Å²) in [6, 6.07) is 9.08. The van der Waals surface area contributed by atoms with Crippen molar-refractivity contribution in [2.75, 3.05) is 5.32 Å². The van der Waals surface area contributed by atoms with Gasteiger partial charge in [0.25, 0.3) is 5.91 Å². The van der Waals surface area contributed by atoms with Gasteiger partial charge < -0.3 is 14.8 Å². The number of para-hydroxylation sites is 2. The maximum atomic E-state index is 12.5. The zero-order chi connectivity index (χ0) is 16.4. The van der Waals surface area contributed by atoms with Crippen molar-refractivity contribution < 1.29 is 14.3 Å². The molecule has 2 atom stereocenters. The molecule has 0 aliphatic carbocycles.